The molecule has 0 aliphatic heterocycles. The Labute approximate surface area is 230 Å². The number of rotatable bonds is 12. The number of nitrogens with one attached hydrogen (secondary N) is 2. The van der Waals surface area contributed by atoms with Gasteiger partial charge in [-0.3, -0.25) is 4.79 Å². The summed E-state index contributed by atoms with van der Waals surface area (Å²) in [5.41, 5.74) is 2.27. The van der Waals surface area contributed by atoms with Gasteiger partial charge < -0.3 is 8.83 Å². The van der Waals surface area contributed by atoms with Crippen LogP contribution in [0.4, 0.5) is 0 Å². The number of sulfonamides is 2. The van der Waals surface area contributed by atoms with Crippen molar-refractivity contribution < 1.29 is 30.5 Å². The van der Waals surface area contributed by atoms with E-state index >= 15 is 0 Å². The zero-order valence-electron chi connectivity index (χ0n) is 20.2. The minimum absolute atomic E-state index is 0.0302. The highest BCUT2D eigenvalue weighted by atomic mass is 35.5. The molecule has 0 unspecified atom stereocenters. The lowest BCUT2D eigenvalue weighted by Gasteiger charge is -2.20. The third kappa shape index (κ3) is 7.65. The number of halogens is 1. The lowest BCUT2D eigenvalue weighted by molar-refractivity contribution is -0.121. The maximum atomic E-state index is 13.1. The SMILES string of the molecule is O=C(CN(Cc1ccco1)S(=O)(=O)c1ccccc1)N/N=C\c1ccc(CNS(=O)(=O)c2ccc(Cl)cc2)o1. The number of hydrogen-bond donors (Lipinski definition) is 2. The molecule has 11 nitrogen and oxygen atoms in total. The number of carbonyl (C=O) groups is 1. The van der Waals surface area contributed by atoms with Gasteiger partial charge in [0.1, 0.15) is 17.3 Å². The molecule has 0 fully saturated rings. The van der Waals surface area contributed by atoms with Gasteiger partial charge in [-0.25, -0.2) is 27.0 Å². The third-order valence-corrected chi connectivity index (χ3v) is 8.71. The summed E-state index contributed by atoms with van der Waals surface area (Å²) in [5, 5.41) is 4.23. The van der Waals surface area contributed by atoms with Crippen molar-refractivity contribution in [2.75, 3.05) is 6.54 Å². The first-order chi connectivity index (χ1) is 18.6. The van der Waals surface area contributed by atoms with Gasteiger partial charge in [-0.1, -0.05) is 29.8 Å². The summed E-state index contributed by atoms with van der Waals surface area (Å²) in [6.07, 6.45) is 2.62. The third-order valence-electron chi connectivity index (χ3n) is 5.24. The van der Waals surface area contributed by atoms with Crippen molar-refractivity contribution in [2.45, 2.75) is 22.9 Å². The van der Waals surface area contributed by atoms with Gasteiger partial charge in [-0.15, -0.1) is 0 Å². The minimum atomic E-state index is -4.01. The molecule has 0 radical (unpaired) electrons. The fourth-order valence-electron chi connectivity index (χ4n) is 3.33. The van der Waals surface area contributed by atoms with E-state index in [2.05, 4.69) is 15.2 Å². The summed E-state index contributed by atoms with van der Waals surface area (Å²) in [7, 11) is -7.78. The summed E-state index contributed by atoms with van der Waals surface area (Å²) in [5.74, 6) is 0.208. The molecule has 0 aliphatic rings. The Balaban J connectivity index is 1.35. The Hall–Kier alpha value is -3.75. The maximum absolute atomic E-state index is 13.1. The molecule has 39 heavy (non-hydrogen) atoms. The standard InChI is InChI=1S/C25H23ClN4O7S2/c26-19-8-12-23(13-9-19)38(32,33)28-16-21-11-10-20(37-21)15-27-29-25(31)18-30(17-22-5-4-14-36-22)39(34,35)24-6-2-1-3-7-24/h1-15,28H,16-18H2,(H,29,31)/b27-15-. The van der Waals surface area contributed by atoms with E-state index in [-0.39, 0.29) is 28.6 Å². The van der Waals surface area contributed by atoms with E-state index in [0.29, 0.717) is 16.5 Å². The fraction of sp³-hybridized carbons (Fsp3) is 0.120. The van der Waals surface area contributed by atoms with Gasteiger partial charge in [-0.2, -0.15) is 9.41 Å². The number of furan rings is 2. The molecule has 0 atom stereocenters. The number of nitrogens with zero attached hydrogens (tertiary/aromatic N) is 2. The number of hydrazone groups is 1. The van der Waals surface area contributed by atoms with Gasteiger partial charge in [0.15, 0.2) is 0 Å². The van der Waals surface area contributed by atoms with Crippen LogP contribution in [0.1, 0.15) is 17.3 Å². The van der Waals surface area contributed by atoms with Crippen molar-refractivity contribution >= 4 is 43.8 Å². The first-order valence-corrected chi connectivity index (χ1v) is 14.7. The van der Waals surface area contributed by atoms with Crippen LogP contribution in [0.3, 0.4) is 0 Å². The quantitative estimate of drug-likeness (QED) is 0.190. The lowest BCUT2D eigenvalue weighted by atomic mass is 10.4. The molecule has 0 bridgehead atoms. The molecule has 1 amide bonds. The summed E-state index contributed by atoms with van der Waals surface area (Å²) >= 11 is 5.80. The molecule has 204 valence electrons. The van der Waals surface area contributed by atoms with Gasteiger partial charge in [0.2, 0.25) is 20.0 Å². The van der Waals surface area contributed by atoms with Crippen LogP contribution in [-0.4, -0.2) is 39.8 Å². The predicted octanol–water partition coefficient (Wildman–Crippen LogP) is 3.35. The molecule has 2 heterocycles. The van der Waals surface area contributed by atoms with Crippen molar-refractivity contribution in [3.05, 3.63) is 107 Å². The highest BCUT2D eigenvalue weighted by Gasteiger charge is 2.27. The number of carbonyl (C=O) groups excluding carboxylic acids is 1. The van der Waals surface area contributed by atoms with Crippen LogP contribution < -0.4 is 10.1 Å². The van der Waals surface area contributed by atoms with Gasteiger partial charge in [-0.05, 0) is 60.7 Å². The molecule has 2 N–H and O–H groups in total. The second kappa shape index (κ2) is 12.4. The van der Waals surface area contributed by atoms with Gasteiger partial charge >= 0.3 is 0 Å². The number of amides is 1. The van der Waals surface area contributed by atoms with Crippen LogP contribution in [0.5, 0.6) is 0 Å². The molecular weight excluding hydrogens is 568 g/mol. The Morgan fingerprint density at radius 2 is 1.64 bits per heavy atom. The topological polar surface area (TPSA) is 151 Å². The van der Waals surface area contributed by atoms with E-state index in [1.807, 2.05) is 0 Å². The molecule has 0 saturated heterocycles. The number of hydrogen-bond acceptors (Lipinski definition) is 8. The van der Waals surface area contributed by atoms with Gasteiger partial charge in [0.05, 0.1) is 41.9 Å². The number of benzene rings is 2. The minimum Gasteiger partial charge on any atom is -0.468 e. The smallest absolute Gasteiger partial charge is 0.255 e. The maximum Gasteiger partial charge on any atom is 0.255 e. The van der Waals surface area contributed by atoms with Crippen molar-refractivity contribution in [1.29, 1.82) is 0 Å². The zero-order chi connectivity index (χ0) is 27.9. The lowest BCUT2D eigenvalue weighted by Crippen LogP contribution is -2.38. The fourth-order valence-corrected chi connectivity index (χ4v) is 5.83. The zero-order valence-corrected chi connectivity index (χ0v) is 22.6. The van der Waals surface area contributed by atoms with E-state index < -0.39 is 32.5 Å². The highest BCUT2D eigenvalue weighted by molar-refractivity contribution is 7.89. The first kappa shape index (κ1) is 28.3. The van der Waals surface area contributed by atoms with E-state index in [4.69, 9.17) is 20.4 Å². The normalized spacial score (nSPS) is 12.3. The summed E-state index contributed by atoms with van der Waals surface area (Å²) in [4.78, 5) is 12.6. The van der Waals surface area contributed by atoms with Crippen LogP contribution in [0.2, 0.25) is 5.02 Å². The van der Waals surface area contributed by atoms with Crippen LogP contribution in [0.15, 0.2) is 109 Å². The molecule has 0 spiro atoms. The van der Waals surface area contributed by atoms with Crippen molar-refractivity contribution in [1.82, 2.24) is 14.5 Å². The molecule has 14 heteroatoms. The second-order valence-corrected chi connectivity index (χ2v) is 12.2. The Morgan fingerprint density at radius 3 is 2.33 bits per heavy atom. The molecular formula is C25H23ClN4O7S2. The van der Waals surface area contributed by atoms with E-state index in [9.17, 15) is 21.6 Å². The van der Waals surface area contributed by atoms with Crippen molar-refractivity contribution in [3.63, 3.8) is 0 Å². The summed E-state index contributed by atoms with van der Waals surface area (Å²) in [6.45, 7) is -0.801. The van der Waals surface area contributed by atoms with Crippen LogP contribution in [0.25, 0.3) is 0 Å². The van der Waals surface area contributed by atoms with Crippen LogP contribution in [0, 0.1) is 0 Å². The monoisotopic (exact) mass is 590 g/mol. The molecule has 4 aromatic rings. The van der Waals surface area contributed by atoms with E-state index in [0.717, 1.165) is 4.31 Å². The van der Waals surface area contributed by atoms with Gasteiger partial charge in [0, 0.05) is 5.02 Å². The summed E-state index contributed by atoms with van der Waals surface area (Å²) < 4.78 is 65.2. The molecule has 4 rings (SSSR count). The Bertz CT molecular complexity index is 1640. The van der Waals surface area contributed by atoms with E-state index in [1.54, 1.807) is 36.4 Å². The van der Waals surface area contributed by atoms with Crippen molar-refractivity contribution in [3.8, 4) is 0 Å². The molecule has 2 aromatic carbocycles. The average Bonchev–Trinajstić information content (AvgIpc) is 3.60. The Morgan fingerprint density at radius 1 is 0.897 bits per heavy atom. The average molecular weight is 591 g/mol. The largest absolute Gasteiger partial charge is 0.468 e. The summed E-state index contributed by atoms with van der Waals surface area (Å²) in [6, 6.07) is 19.7. The van der Waals surface area contributed by atoms with Gasteiger partial charge in [0.25, 0.3) is 5.91 Å². The Kier molecular flexibility index (Phi) is 8.99. The van der Waals surface area contributed by atoms with Crippen LogP contribution in [-0.2, 0) is 37.9 Å². The van der Waals surface area contributed by atoms with Crippen LogP contribution >= 0.6 is 11.6 Å². The second-order valence-electron chi connectivity index (χ2n) is 8.04. The first-order valence-electron chi connectivity index (χ1n) is 11.4. The van der Waals surface area contributed by atoms with E-state index in [1.165, 1.54) is 54.9 Å². The molecule has 2 aromatic heterocycles. The van der Waals surface area contributed by atoms with Crippen molar-refractivity contribution in [2.24, 2.45) is 5.10 Å². The predicted molar refractivity (Wildman–Crippen MR) is 143 cm³/mol. The molecule has 0 saturated carbocycles. The molecule has 0 aliphatic carbocycles. The highest BCUT2D eigenvalue weighted by Crippen LogP contribution is 2.18.